The van der Waals surface area contributed by atoms with Crippen LogP contribution in [-0.4, -0.2) is 71.5 Å². The smallest absolute Gasteiger partial charge is 0.318 e. The molecular formula is C25H30FN11O. The Kier molecular flexibility index (Phi) is 6.90. The van der Waals surface area contributed by atoms with Crippen LogP contribution < -0.4 is 15.5 Å². The number of aromatic amines is 1. The Morgan fingerprint density at radius 2 is 2.00 bits per heavy atom. The maximum Gasteiger partial charge on any atom is 0.318 e. The van der Waals surface area contributed by atoms with Crippen molar-refractivity contribution in [3.05, 3.63) is 65.6 Å². The van der Waals surface area contributed by atoms with Crippen LogP contribution in [0.25, 0.3) is 5.82 Å². The Morgan fingerprint density at radius 3 is 2.66 bits per heavy atom. The van der Waals surface area contributed by atoms with Gasteiger partial charge in [0, 0.05) is 55.4 Å². The number of hydrogen-bond donors (Lipinski definition) is 3. The maximum absolute atomic E-state index is 13.2. The Morgan fingerprint density at radius 1 is 1.16 bits per heavy atom. The second-order valence-electron chi connectivity index (χ2n) is 9.47. The van der Waals surface area contributed by atoms with Crippen LogP contribution in [0.5, 0.6) is 0 Å². The topological polar surface area (TPSA) is 133 Å². The molecule has 0 spiro atoms. The van der Waals surface area contributed by atoms with Gasteiger partial charge in [-0.05, 0) is 39.3 Å². The number of nitrogens with one attached hydrogen (secondary N) is 3. The molecule has 2 atom stereocenters. The fourth-order valence-electron chi connectivity index (χ4n) is 4.38. The van der Waals surface area contributed by atoms with Crippen LogP contribution in [-0.2, 0) is 0 Å². The molecule has 0 unspecified atom stereocenters. The lowest BCUT2D eigenvalue weighted by atomic mass is 10.1. The summed E-state index contributed by atoms with van der Waals surface area (Å²) in [4.78, 5) is 30.7. The number of carbonyl (C=O) groups is 1. The van der Waals surface area contributed by atoms with Gasteiger partial charge in [0.15, 0.2) is 17.5 Å². The van der Waals surface area contributed by atoms with Crippen LogP contribution in [0.3, 0.4) is 0 Å². The van der Waals surface area contributed by atoms with Gasteiger partial charge in [-0.1, -0.05) is 6.07 Å². The number of carbonyl (C=O) groups excluding carboxylic acids is 1. The monoisotopic (exact) mass is 519 g/mol. The second-order valence-corrected chi connectivity index (χ2v) is 9.47. The zero-order chi connectivity index (χ0) is 26.8. The fraction of sp³-hybridized carbons (Fsp3) is 0.360. The number of urea groups is 1. The molecule has 198 valence electrons. The third-order valence-electron chi connectivity index (χ3n) is 6.37. The van der Waals surface area contributed by atoms with Gasteiger partial charge in [0.1, 0.15) is 5.82 Å². The van der Waals surface area contributed by atoms with E-state index in [2.05, 4.69) is 45.8 Å². The maximum atomic E-state index is 13.2. The molecule has 1 aliphatic heterocycles. The molecule has 5 heterocycles. The van der Waals surface area contributed by atoms with E-state index < -0.39 is 5.82 Å². The lowest BCUT2D eigenvalue weighted by molar-refractivity contribution is 0.168. The van der Waals surface area contributed by atoms with Gasteiger partial charge in [-0.25, -0.2) is 23.8 Å². The minimum Gasteiger partial charge on any atom is -0.337 e. The van der Waals surface area contributed by atoms with Gasteiger partial charge in [0.25, 0.3) is 0 Å². The van der Waals surface area contributed by atoms with Crippen molar-refractivity contribution in [3.8, 4) is 5.82 Å². The molecule has 4 aromatic heterocycles. The number of aromatic nitrogens is 7. The lowest BCUT2D eigenvalue weighted by Crippen LogP contribution is -2.57. The first-order chi connectivity index (χ1) is 18.2. The van der Waals surface area contributed by atoms with Crippen molar-refractivity contribution >= 4 is 23.6 Å². The molecule has 13 heteroatoms. The zero-order valence-electron chi connectivity index (χ0n) is 21.7. The van der Waals surface area contributed by atoms with Gasteiger partial charge < -0.3 is 20.4 Å². The van der Waals surface area contributed by atoms with Crippen molar-refractivity contribution in [1.82, 2.24) is 45.1 Å². The fourth-order valence-corrected chi connectivity index (χ4v) is 4.38. The lowest BCUT2D eigenvalue weighted by Gasteiger charge is -2.40. The number of hydrogen-bond acceptors (Lipinski definition) is 8. The predicted molar refractivity (Wildman–Crippen MR) is 140 cm³/mol. The SMILES string of the molecule is Cc1cc(Nc2cc(C)[nH]n2)nc(N2CCN(C(=O)N[C@@H](C)c3ccc(-n4cc(F)cn4)nc3)[C@H](C)C2)n1. The largest absolute Gasteiger partial charge is 0.337 e. The van der Waals surface area contributed by atoms with Crippen LogP contribution in [0.2, 0.25) is 0 Å². The zero-order valence-corrected chi connectivity index (χ0v) is 21.7. The van der Waals surface area contributed by atoms with E-state index in [0.717, 1.165) is 23.1 Å². The van der Waals surface area contributed by atoms with E-state index in [-0.39, 0.29) is 18.1 Å². The summed E-state index contributed by atoms with van der Waals surface area (Å²) in [5.74, 6) is 2.04. The van der Waals surface area contributed by atoms with Crippen molar-refractivity contribution in [2.75, 3.05) is 29.9 Å². The normalized spacial score (nSPS) is 16.4. The third kappa shape index (κ3) is 5.56. The highest BCUT2D eigenvalue weighted by atomic mass is 19.1. The van der Waals surface area contributed by atoms with Crippen LogP contribution >= 0.6 is 0 Å². The average molecular weight is 520 g/mol. The molecule has 1 aliphatic rings. The quantitative estimate of drug-likeness (QED) is 0.354. The van der Waals surface area contributed by atoms with E-state index >= 15 is 0 Å². The van der Waals surface area contributed by atoms with Crippen molar-refractivity contribution in [2.24, 2.45) is 0 Å². The number of H-pyrrole nitrogens is 1. The van der Waals surface area contributed by atoms with Crippen molar-refractivity contribution < 1.29 is 9.18 Å². The standard InChI is InChI=1S/C25H30FN11O/c1-15-9-21(31-22-10-16(2)33-34-22)32-24(29-15)35-7-8-36(17(3)13-35)25(38)30-18(4)19-5-6-23(27-11-19)37-14-20(26)12-28-37/h5-6,9-12,14,17-18H,7-8,13H2,1-4H3,(H,30,38)(H2,29,31,32,33,34)/t17-,18+/m1/s1. The number of anilines is 3. The molecule has 0 radical (unpaired) electrons. The molecule has 12 nitrogen and oxygen atoms in total. The molecule has 38 heavy (non-hydrogen) atoms. The Balaban J connectivity index is 1.19. The Hall–Kier alpha value is -4.55. The molecule has 4 aromatic rings. The highest BCUT2D eigenvalue weighted by molar-refractivity contribution is 5.75. The van der Waals surface area contributed by atoms with Gasteiger partial charge in [0.05, 0.1) is 18.4 Å². The van der Waals surface area contributed by atoms with Gasteiger partial charge in [0.2, 0.25) is 5.95 Å². The Labute approximate surface area is 219 Å². The number of halogens is 1. The van der Waals surface area contributed by atoms with Crippen molar-refractivity contribution in [1.29, 1.82) is 0 Å². The van der Waals surface area contributed by atoms with Crippen LogP contribution in [0.1, 0.15) is 36.8 Å². The summed E-state index contributed by atoms with van der Waals surface area (Å²) in [5, 5.41) is 17.3. The minimum absolute atomic E-state index is 0.0549. The third-order valence-corrected chi connectivity index (χ3v) is 6.37. The van der Waals surface area contributed by atoms with Gasteiger partial charge in [-0.15, -0.1) is 0 Å². The van der Waals surface area contributed by atoms with Crippen LogP contribution in [0.4, 0.5) is 26.8 Å². The van der Waals surface area contributed by atoms with E-state index in [1.54, 1.807) is 12.3 Å². The van der Waals surface area contributed by atoms with E-state index in [1.165, 1.54) is 10.9 Å². The molecule has 3 N–H and O–H groups in total. The van der Waals surface area contributed by atoms with Gasteiger partial charge in [-0.3, -0.25) is 5.10 Å². The first-order valence-corrected chi connectivity index (χ1v) is 12.4. The molecule has 1 saturated heterocycles. The molecule has 5 rings (SSSR count). The Bertz CT molecular complexity index is 1420. The van der Waals surface area contributed by atoms with Crippen LogP contribution in [0, 0.1) is 19.7 Å². The first kappa shape index (κ1) is 25.1. The predicted octanol–water partition coefficient (Wildman–Crippen LogP) is 3.26. The molecule has 0 aromatic carbocycles. The molecule has 0 aliphatic carbocycles. The molecule has 2 amide bonds. The van der Waals surface area contributed by atoms with Gasteiger partial charge in [-0.2, -0.15) is 15.2 Å². The second kappa shape index (κ2) is 10.4. The van der Waals surface area contributed by atoms with E-state index in [0.29, 0.717) is 43.0 Å². The first-order valence-electron chi connectivity index (χ1n) is 12.4. The van der Waals surface area contributed by atoms with E-state index in [4.69, 9.17) is 0 Å². The number of pyridine rings is 1. The number of nitrogens with zero attached hydrogens (tertiary/aromatic N) is 8. The van der Waals surface area contributed by atoms with Crippen molar-refractivity contribution in [3.63, 3.8) is 0 Å². The molecule has 0 saturated carbocycles. The summed E-state index contributed by atoms with van der Waals surface area (Å²) in [7, 11) is 0. The number of aryl methyl sites for hydroxylation is 2. The van der Waals surface area contributed by atoms with E-state index in [9.17, 15) is 9.18 Å². The van der Waals surface area contributed by atoms with Crippen molar-refractivity contribution in [2.45, 2.75) is 39.8 Å². The highest BCUT2D eigenvalue weighted by Crippen LogP contribution is 2.21. The average Bonchev–Trinajstić information content (AvgIpc) is 3.51. The van der Waals surface area contributed by atoms with Crippen LogP contribution in [0.15, 0.2) is 42.9 Å². The summed E-state index contributed by atoms with van der Waals surface area (Å²) in [6.45, 7) is 9.51. The molecule has 0 bridgehead atoms. The number of amides is 2. The molecular weight excluding hydrogens is 489 g/mol. The van der Waals surface area contributed by atoms with E-state index in [1.807, 2.05) is 50.8 Å². The summed E-state index contributed by atoms with van der Waals surface area (Å²) in [6.07, 6.45) is 4.04. The summed E-state index contributed by atoms with van der Waals surface area (Å²) in [6, 6.07) is 6.90. The highest BCUT2D eigenvalue weighted by Gasteiger charge is 2.29. The summed E-state index contributed by atoms with van der Waals surface area (Å²) >= 11 is 0. The number of piperazine rings is 1. The van der Waals surface area contributed by atoms with Gasteiger partial charge >= 0.3 is 6.03 Å². The summed E-state index contributed by atoms with van der Waals surface area (Å²) in [5.41, 5.74) is 2.63. The summed E-state index contributed by atoms with van der Waals surface area (Å²) < 4.78 is 14.6. The number of rotatable bonds is 6. The molecule has 1 fully saturated rings. The minimum atomic E-state index is -0.430.